The molecule has 2 rings (SSSR count). The van der Waals surface area contributed by atoms with Gasteiger partial charge < -0.3 is 0 Å². The number of rotatable bonds is 0. The Morgan fingerprint density at radius 2 is 2.20 bits per heavy atom. The van der Waals surface area contributed by atoms with Gasteiger partial charge in [0.15, 0.2) is 5.83 Å². The highest BCUT2D eigenvalue weighted by Gasteiger charge is 2.53. The Balaban J connectivity index is 2.48. The Hall–Kier alpha value is -0.260. The van der Waals surface area contributed by atoms with Gasteiger partial charge >= 0.3 is 0 Å². The summed E-state index contributed by atoms with van der Waals surface area (Å²) in [6.07, 6.45) is 3.00. The Labute approximate surface area is 69.7 Å². The van der Waals surface area contributed by atoms with E-state index in [-0.39, 0.29) is 5.71 Å². The molecule has 0 aromatic heterocycles. The van der Waals surface area contributed by atoms with E-state index in [1.165, 1.54) is 12.2 Å². The Bertz CT molecular complexity index is 292. The van der Waals surface area contributed by atoms with Crippen molar-refractivity contribution in [2.75, 3.05) is 0 Å². The van der Waals surface area contributed by atoms with Crippen molar-refractivity contribution in [3.05, 3.63) is 21.6 Å². The van der Waals surface area contributed by atoms with Crippen LogP contribution in [0.4, 0.5) is 8.78 Å². The van der Waals surface area contributed by atoms with E-state index in [1.807, 2.05) is 0 Å². The van der Waals surface area contributed by atoms with E-state index in [2.05, 4.69) is 4.99 Å². The largest absolute Gasteiger partial charge is 0.295 e. The Morgan fingerprint density at radius 3 is 2.80 bits per heavy atom. The molecule has 0 amide bonds. The SMILES string of the molecule is FC1=C(I)C=CC2=NC21F. The summed E-state index contributed by atoms with van der Waals surface area (Å²) in [6, 6.07) is 0. The molecule has 1 unspecified atom stereocenters. The smallest absolute Gasteiger partial charge is 0.233 e. The van der Waals surface area contributed by atoms with Gasteiger partial charge in [0.25, 0.3) is 5.79 Å². The van der Waals surface area contributed by atoms with Crippen LogP contribution in [0.5, 0.6) is 0 Å². The van der Waals surface area contributed by atoms with Crippen LogP contribution in [-0.4, -0.2) is 11.5 Å². The zero-order valence-corrected chi connectivity index (χ0v) is 6.89. The molecule has 0 fully saturated rings. The zero-order valence-electron chi connectivity index (χ0n) is 4.74. The van der Waals surface area contributed by atoms with Gasteiger partial charge in [0.1, 0.15) is 5.71 Å². The fourth-order valence-electron chi connectivity index (χ4n) is 0.831. The molecular formula is C6H2F2IN. The number of fused-ring (bicyclic) bond motifs is 1. The Kier molecular flexibility index (Phi) is 1.07. The monoisotopic (exact) mass is 253 g/mol. The summed E-state index contributed by atoms with van der Waals surface area (Å²) in [4.78, 5) is 3.34. The van der Waals surface area contributed by atoms with Crippen LogP contribution >= 0.6 is 22.6 Å². The van der Waals surface area contributed by atoms with Gasteiger partial charge in [0.05, 0.1) is 3.58 Å². The quantitative estimate of drug-likeness (QED) is 0.464. The van der Waals surface area contributed by atoms with Crippen LogP contribution in [0, 0.1) is 0 Å². The molecule has 0 aromatic rings. The van der Waals surface area contributed by atoms with Gasteiger partial charge in [0.2, 0.25) is 0 Å². The maximum absolute atomic E-state index is 12.9. The van der Waals surface area contributed by atoms with E-state index in [1.54, 1.807) is 22.6 Å². The average molecular weight is 253 g/mol. The summed E-state index contributed by atoms with van der Waals surface area (Å²) < 4.78 is 25.9. The molecule has 1 heterocycles. The molecule has 1 aliphatic carbocycles. The van der Waals surface area contributed by atoms with Gasteiger partial charge in [-0.3, -0.25) is 0 Å². The number of hydrogen-bond donors (Lipinski definition) is 0. The average Bonchev–Trinajstić information content (AvgIpc) is 2.55. The molecule has 1 nitrogen and oxygen atoms in total. The Morgan fingerprint density at radius 1 is 1.50 bits per heavy atom. The molecule has 1 atom stereocenters. The second-order valence-corrected chi connectivity index (χ2v) is 3.28. The lowest BCUT2D eigenvalue weighted by Gasteiger charge is -2.05. The van der Waals surface area contributed by atoms with Crippen molar-refractivity contribution in [2.45, 2.75) is 5.79 Å². The van der Waals surface area contributed by atoms with Gasteiger partial charge in [-0.05, 0) is 34.7 Å². The molecule has 0 aromatic carbocycles. The van der Waals surface area contributed by atoms with Crippen LogP contribution < -0.4 is 0 Å². The van der Waals surface area contributed by atoms with E-state index < -0.39 is 11.6 Å². The fourth-order valence-corrected chi connectivity index (χ4v) is 1.37. The highest BCUT2D eigenvalue weighted by Crippen LogP contribution is 2.44. The second kappa shape index (κ2) is 1.66. The second-order valence-electron chi connectivity index (χ2n) is 2.11. The lowest BCUT2D eigenvalue weighted by atomic mass is 10.1. The van der Waals surface area contributed by atoms with Crippen molar-refractivity contribution in [2.24, 2.45) is 4.99 Å². The van der Waals surface area contributed by atoms with Gasteiger partial charge in [-0.1, -0.05) is 0 Å². The third-order valence-corrected chi connectivity index (χ3v) is 2.29. The maximum Gasteiger partial charge on any atom is 0.295 e. The first-order chi connectivity index (χ1) is 4.64. The van der Waals surface area contributed by atoms with Crippen LogP contribution in [0.2, 0.25) is 0 Å². The predicted molar refractivity (Wildman–Crippen MR) is 42.6 cm³/mol. The number of nitrogens with zero attached hydrogens (tertiary/aromatic N) is 1. The van der Waals surface area contributed by atoms with Crippen molar-refractivity contribution in [1.29, 1.82) is 0 Å². The van der Waals surface area contributed by atoms with Crippen molar-refractivity contribution >= 4 is 28.3 Å². The van der Waals surface area contributed by atoms with Crippen molar-refractivity contribution in [3.8, 4) is 0 Å². The van der Waals surface area contributed by atoms with Crippen LogP contribution in [0.1, 0.15) is 0 Å². The molecule has 52 valence electrons. The van der Waals surface area contributed by atoms with E-state index in [9.17, 15) is 8.78 Å². The molecule has 0 saturated carbocycles. The minimum atomic E-state index is -2.06. The summed E-state index contributed by atoms with van der Waals surface area (Å²) in [5.41, 5.74) is 0.199. The first-order valence-electron chi connectivity index (χ1n) is 2.67. The van der Waals surface area contributed by atoms with Crippen LogP contribution in [0.25, 0.3) is 0 Å². The normalized spacial score (nSPS) is 35.7. The summed E-state index contributed by atoms with van der Waals surface area (Å²) >= 11 is 1.74. The molecule has 0 N–H and O–H groups in total. The highest BCUT2D eigenvalue weighted by molar-refractivity contribution is 14.1. The summed E-state index contributed by atoms with van der Waals surface area (Å²) in [5.74, 6) is -2.84. The molecule has 1 aliphatic heterocycles. The topological polar surface area (TPSA) is 12.4 Å². The van der Waals surface area contributed by atoms with Gasteiger partial charge in [-0.15, -0.1) is 0 Å². The summed E-state index contributed by atoms with van der Waals surface area (Å²) in [5, 5.41) is 0. The van der Waals surface area contributed by atoms with Crippen LogP contribution in [0.15, 0.2) is 26.6 Å². The highest BCUT2D eigenvalue weighted by atomic mass is 127. The third-order valence-electron chi connectivity index (χ3n) is 1.45. The van der Waals surface area contributed by atoms with Crippen LogP contribution in [-0.2, 0) is 0 Å². The van der Waals surface area contributed by atoms with Crippen LogP contribution in [0.3, 0.4) is 0 Å². The van der Waals surface area contributed by atoms with E-state index >= 15 is 0 Å². The fraction of sp³-hybridized carbons (Fsp3) is 0.167. The molecule has 0 radical (unpaired) electrons. The van der Waals surface area contributed by atoms with Gasteiger partial charge in [-0.2, -0.15) is 0 Å². The molecule has 0 bridgehead atoms. The predicted octanol–water partition coefficient (Wildman–Crippen LogP) is 2.29. The number of halogens is 3. The van der Waals surface area contributed by atoms with Crippen molar-refractivity contribution in [3.63, 3.8) is 0 Å². The molecule has 0 spiro atoms. The van der Waals surface area contributed by atoms with Crippen molar-refractivity contribution in [1.82, 2.24) is 0 Å². The summed E-state index contributed by atoms with van der Waals surface area (Å²) in [7, 11) is 0. The number of aliphatic imine (C=N–C) groups is 1. The third kappa shape index (κ3) is 0.624. The molecule has 10 heavy (non-hydrogen) atoms. The van der Waals surface area contributed by atoms with E-state index in [0.29, 0.717) is 3.58 Å². The molecule has 4 heteroatoms. The maximum atomic E-state index is 12.9. The number of hydrogen-bond acceptors (Lipinski definition) is 1. The van der Waals surface area contributed by atoms with E-state index in [0.717, 1.165) is 0 Å². The van der Waals surface area contributed by atoms with E-state index in [4.69, 9.17) is 0 Å². The minimum Gasteiger partial charge on any atom is -0.233 e. The van der Waals surface area contributed by atoms with Gasteiger partial charge in [-0.25, -0.2) is 13.8 Å². The standard InChI is InChI=1S/C6H2F2IN/c7-5-3(9)1-2-4-6(5,8)10-4/h1-2H. The van der Waals surface area contributed by atoms with Gasteiger partial charge in [0, 0.05) is 0 Å². The molecule has 0 saturated heterocycles. The lowest BCUT2D eigenvalue weighted by Crippen LogP contribution is -2.14. The minimum absolute atomic E-state index is 0.199. The number of allylic oxidation sites excluding steroid dienone is 2. The first kappa shape index (κ1) is 6.45. The zero-order chi connectivity index (χ0) is 7.35. The van der Waals surface area contributed by atoms with Crippen molar-refractivity contribution < 1.29 is 8.78 Å². The number of alkyl halides is 1. The lowest BCUT2D eigenvalue weighted by molar-refractivity contribution is 0.316. The summed E-state index contributed by atoms with van der Waals surface area (Å²) in [6.45, 7) is 0. The first-order valence-corrected chi connectivity index (χ1v) is 3.75. The molecule has 2 aliphatic rings. The molecular weight excluding hydrogens is 251 g/mol.